The zero-order chi connectivity index (χ0) is 13.1. The first-order valence-corrected chi connectivity index (χ1v) is 6.19. The van der Waals surface area contributed by atoms with Crippen LogP contribution in [0.15, 0.2) is 42.5 Å². The van der Waals surface area contributed by atoms with Crippen molar-refractivity contribution < 1.29 is 0 Å². The minimum Gasteiger partial charge on any atom is -0.397 e. The maximum absolute atomic E-state index is 6.03. The van der Waals surface area contributed by atoms with E-state index in [2.05, 4.69) is 56.1 Å². The lowest BCUT2D eigenvalue weighted by Crippen LogP contribution is -2.17. The van der Waals surface area contributed by atoms with Crippen LogP contribution in [-0.4, -0.2) is 7.05 Å². The van der Waals surface area contributed by atoms with Gasteiger partial charge in [-0.3, -0.25) is 0 Å². The molecule has 0 saturated heterocycles. The topological polar surface area (TPSA) is 29.3 Å². The van der Waals surface area contributed by atoms with Crippen LogP contribution < -0.4 is 10.6 Å². The summed E-state index contributed by atoms with van der Waals surface area (Å²) in [6, 6.07) is 14.7. The second-order valence-corrected chi connectivity index (χ2v) is 4.90. The summed E-state index contributed by atoms with van der Waals surface area (Å²) in [6.07, 6.45) is 0. The normalized spacial score (nSPS) is 10.4. The molecule has 0 aliphatic rings. The highest BCUT2D eigenvalue weighted by molar-refractivity contribution is 5.68. The number of aryl methyl sites for hydroxylation is 2. The molecule has 2 nitrogen and oxygen atoms in total. The molecule has 0 saturated carbocycles. The predicted octanol–water partition coefficient (Wildman–Crippen LogP) is 3.52. The van der Waals surface area contributed by atoms with Crippen LogP contribution in [0.5, 0.6) is 0 Å². The minimum absolute atomic E-state index is 0.829. The third-order valence-electron chi connectivity index (χ3n) is 3.14. The molecule has 0 atom stereocenters. The fourth-order valence-electron chi connectivity index (χ4n) is 2.04. The highest BCUT2D eigenvalue weighted by Crippen LogP contribution is 2.24. The Morgan fingerprint density at radius 3 is 2.22 bits per heavy atom. The molecule has 0 bridgehead atoms. The third-order valence-corrected chi connectivity index (χ3v) is 3.14. The van der Waals surface area contributed by atoms with Crippen LogP contribution in [0, 0.1) is 13.8 Å². The molecular formula is C16H20N2. The van der Waals surface area contributed by atoms with Crippen LogP contribution in [0.4, 0.5) is 11.4 Å². The van der Waals surface area contributed by atoms with Gasteiger partial charge in [0.2, 0.25) is 0 Å². The van der Waals surface area contributed by atoms with Gasteiger partial charge in [0.05, 0.1) is 11.4 Å². The van der Waals surface area contributed by atoms with Crippen LogP contribution in [0.3, 0.4) is 0 Å². The number of anilines is 2. The Kier molecular flexibility index (Phi) is 3.56. The van der Waals surface area contributed by atoms with Gasteiger partial charge in [-0.2, -0.15) is 0 Å². The molecule has 18 heavy (non-hydrogen) atoms. The van der Waals surface area contributed by atoms with Crippen molar-refractivity contribution in [3.05, 3.63) is 59.2 Å². The van der Waals surface area contributed by atoms with Crippen molar-refractivity contribution in [2.45, 2.75) is 20.4 Å². The number of benzene rings is 2. The van der Waals surface area contributed by atoms with E-state index in [1.54, 1.807) is 0 Å². The molecule has 2 rings (SSSR count). The summed E-state index contributed by atoms with van der Waals surface area (Å²) < 4.78 is 0. The summed E-state index contributed by atoms with van der Waals surface area (Å²) in [4.78, 5) is 2.19. The first kappa shape index (κ1) is 12.5. The van der Waals surface area contributed by atoms with Gasteiger partial charge in [0, 0.05) is 13.6 Å². The molecule has 0 radical (unpaired) electrons. The second kappa shape index (κ2) is 5.13. The SMILES string of the molecule is Cc1ccc(CN(C)c2cc(C)ccc2N)cc1. The van der Waals surface area contributed by atoms with Gasteiger partial charge >= 0.3 is 0 Å². The number of nitrogen functional groups attached to an aromatic ring is 1. The van der Waals surface area contributed by atoms with E-state index in [1.807, 2.05) is 12.1 Å². The van der Waals surface area contributed by atoms with E-state index >= 15 is 0 Å². The van der Waals surface area contributed by atoms with Crippen molar-refractivity contribution in [2.75, 3.05) is 17.7 Å². The summed E-state index contributed by atoms with van der Waals surface area (Å²) in [5.41, 5.74) is 11.8. The Bertz CT molecular complexity index is 529. The number of hydrogen-bond donors (Lipinski definition) is 1. The van der Waals surface area contributed by atoms with Crippen molar-refractivity contribution >= 4 is 11.4 Å². The van der Waals surface area contributed by atoms with Crippen LogP contribution in [0.2, 0.25) is 0 Å². The maximum atomic E-state index is 6.03. The summed E-state index contributed by atoms with van der Waals surface area (Å²) in [5.74, 6) is 0. The predicted molar refractivity (Wildman–Crippen MR) is 78.9 cm³/mol. The molecule has 0 fully saturated rings. The van der Waals surface area contributed by atoms with Crippen molar-refractivity contribution in [1.82, 2.24) is 0 Å². The molecular weight excluding hydrogens is 220 g/mol. The third kappa shape index (κ3) is 2.83. The smallest absolute Gasteiger partial charge is 0.0603 e. The summed E-state index contributed by atoms with van der Waals surface area (Å²) in [7, 11) is 2.07. The number of nitrogens with two attached hydrogens (primary N) is 1. The molecule has 2 N–H and O–H groups in total. The fourth-order valence-corrected chi connectivity index (χ4v) is 2.04. The number of rotatable bonds is 3. The summed E-state index contributed by atoms with van der Waals surface area (Å²) >= 11 is 0. The molecule has 2 aromatic carbocycles. The zero-order valence-corrected chi connectivity index (χ0v) is 11.3. The van der Waals surface area contributed by atoms with Crippen molar-refractivity contribution in [3.8, 4) is 0 Å². The monoisotopic (exact) mass is 240 g/mol. The quantitative estimate of drug-likeness (QED) is 0.832. The molecule has 0 amide bonds. The van der Waals surface area contributed by atoms with Gasteiger partial charge in [-0.15, -0.1) is 0 Å². The molecule has 0 unspecified atom stereocenters. The van der Waals surface area contributed by atoms with E-state index < -0.39 is 0 Å². The average Bonchev–Trinajstić information content (AvgIpc) is 2.35. The largest absolute Gasteiger partial charge is 0.397 e. The van der Waals surface area contributed by atoms with Crippen molar-refractivity contribution in [2.24, 2.45) is 0 Å². The molecule has 0 heterocycles. The van der Waals surface area contributed by atoms with Crippen molar-refractivity contribution in [3.63, 3.8) is 0 Å². The van der Waals surface area contributed by atoms with Crippen LogP contribution in [-0.2, 0) is 6.54 Å². The Labute approximate surface area is 109 Å². The van der Waals surface area contributed by atoms with Gasteiger partial charge in [0.1, 0.15) is 0 Å². The van der Waals surface area contributed by atoms with Crippen LogP contribution >= 0.6 is 0 Å². The Morgan fingerprint density at radius 1 is 0.944 bits per heavy atom. The standard InChI is InChI=1S/C16H20N2/c1-12-4-7-14(8-5-12)11-18(3)16-10-13(2)6-9-15(16)17/h4-10H,11,17H2,1-3H3. The van der Waals surface area contributed by atoms with Gasteiger partial charge in [0.15, 0.2) is 0 Å². The van der Waals surface area contributed by atoms with E-state index in [4.69, 9.17) is 5.73 Å². The minimum atomic E-state index is 0.829. The van der Waals surface area contributed by atoms with E-state index in [-0.39, 0.29) is 0 Å². The molecule has 0 aromatic heterocycles. The lowest BCUT2D eigenvalue weighted by molar-refractivity contribution is 0.923. The van der Waals surface area contributed by atoms with Gasteiger partial charge in [0.25, 0.3) is 0 Å². The molecule has 94 valence electrons. The fraction of sp³-hybridized carbons (Fsp3) is 0.250. The first-order chi connectivity index (χ1) is 8.56. The van der Waals surface area contributed by atoms with Crippen molar-refractivity contribution in [1.29, 1.82) is 0 Å². The van der Waals surface area contributed by atoms with Gasteiger partial charge in [-0.05, 0) is 37.1 Å². The van der Waals surface area contributed by atoms with Crippen LogP contribution in [0.25, 0.3) is 0 Å². The lowest BCUT2D eigenvalue weighted by Gasteiger charge is -2.21. The van der Waals surface area contributed by atoms with E-state index in [0.717, 1.165) is 17.9 Å². The van der Waals surface area contributed by atoms with Gasteiger partial charge in [-0.25, -0.2) is 0 Å². The van der Waals surface area contributed by atoms with Gasteiger partial charge in [-0.1, -0.05) is 35.9 Å². The number of hydrogen-bond acceptors (Lipinski definition) is 2. The second-order valence-electron chi connectivity index (χ2n) is 4.90. The Morgan fingerprint density at radius 2 is 1.56 bits per heavy atom. The Balaban J connectivity index is 2.18. The van der Waals surface area contributed by atoms with E-state index in [9.17, 15) is 0 Å². The molecule has 0 aliphatic carbocycles. The number of nitrogens with zero attached hydrogens (tertiary/aromatic N) is 1. The van der Waals surface area contributed by atoms with Crippen LogP contribution in [0.1, 0.15) is 16.7 Å². The first-order valence-electron chi connectivity index (χ1n) is 6.19. The zero-order valence-electron chi connectivity index (χ0n) is 11.3. The average molecular weight is 240 g/mol. The lowest BCUT2D eigenvalue weighted by atomic mass is 10.1. The summed E-state index contributed by atoms with van der Waals surface area (Å²) in [5, 5.41) is 0. The van der Waals surface area contributed by atoms with E-state index in [1.165, 1.54) is 16.7 Å². The van der Waals surface area contributed by atoms with E-state index in [0.29, 0.717) is 0 Å². The summed E-state index contributed by atoms with van der Waals surface area (Å²) in [6.45, 7) is 5.06. The molecule has 2 heteroatoms. The Hall–Kier alpha value is -1.96. The molecule has 0 spiro atoms. The van der Waals surface area contributed by atoms with Gasteiger partial charge < -0.3 is 10.6 Å². The molecule has 0 aliphatic heterocycles. The highest BCUT2D eigenvalue weighted by atomic mass is 15.1. The highest BCUT2D eigenvalue weighted by Gasteiger charge is 2.06. The molecule has 2 aromatic rings. The maximum Gasteiger partial charge on any atom is 0.0603 e.